The van der Waals surface area contributed by atoms with Gasteiger partial charge in [0.05, 0.1) is 16.6 Å². The van der Waals surface area contributed by atoms with Gasteiger partial charge in [0.2, 0.25) is 0 Å². The minimum absolute atomic E-state index is 0.514. The predicted molar refractivity (Wildman–Crippen MR) is 89.9 cm³/mol. The van der Waals surface area contributed by atoms with Crippen LogP contribution in [-0.4, -0.2) is 41.1 Å². The Hall–Kier alpha value is -1.76. The molecule has 1 aliphatic rings. The number of hydrogen-bond acceptors (Lipinski definition) is 4. The monoisotopic (exact) mass is 378 g/mol. The van der Waals surface area contributed by atoms with Gasteiger partial charge in [-0.05, 0) is 17.7 Å². The van der Waals surface area contributed by atoms with Gasteiger partial charge in [0.25, 0.3) is 0 Å². The van der Waals surface area contributed by atoms with Gasteiger partial charge in [-0.25, -0.2) is 9.59 Å². The molecule has 124 valence electrons. The minimum atomic E-state index is -1.26. The number of halogens is 3. The number of carboxylic acid groups (broad SMARTS) is 2. The third-order valence-electron chi connectivity index (χ3n) is 2.60. The number of rotatable bonds is 4. The zero-order chi connectivity index (χ0) is 17.4. The maximum Gasteiger partial charge on any atom is 0.328 e. The lowest BCUT2D eigenvalue weighted by Gasteiger charge is -2.08. The molecule has 2 rings (SSSR count). The van der Waals surface area contributed by atoms with Crippen LogP contribution >= 0.6 is 34.8 Å². The first-order valence-electron chi connectivity index (χ1n) is 6.34. The van der Waals surface area contributed by atoms with Gasteiger partial charge in [-0.3, -0.25) is 4.99 Å². The van der Waals surface area contributed by atoms with Crippen molar-refractivity contribution >= 4 is 52.6 Å². The molecule has 1 aliphatic heterocycles. The number of aliphatic carboxylic acids is 2. The SMILES string of the molecule is Clc1ccc(Cl)c(CC2=NCCN2)c1Cl.O=C(O)C=CC(=O)O. The molecule has 0 saturated heterocycles. The highest BCUT2D eigenvalue weighted by Crippen LogP contribution is 2.31. The molecule has 0 fully saturated rings. The number of hydrogen-bond donors (Lipinski definition) is 3. The predicted octanol–water partition coefficient (Wildman–Crippen LogP) is 2.90. The van der Waals surface area contributed by atoms with E-state index < -0.39 is 11.9 Å². The van der Waals surface area contributed by atoms with Gasteiger partial charge >= 0.3 is 11.9 Å². The van der Waals surface area contributed by atoms with Gasteiger partial charge in [-0.1, -0.05) is 34.8 Å². The average Bonchev–Trinajstić information content (AvgIpc) is 2.99. The molecule has 0 radical (unpaired) electrons. The Morgan fingerprint density at radius 3 is 2.17 bits per heavy atom. The third kappa shape index (κ3) is 6.90. The minimum Gasteiger partial charge on any atom is -0.478 e. The van der Waals surface area contributed by atoms with Crippen LogP contribution in [0.15, 0.2) is 29.3 Å². The molecule has 3 N–H and O–H groups in total. The molecule has 0 unspecified atom stereocenters. The normalized spacial score (nSPS) is 13.1. The Morgan fingerprint density at radius 2 is 1.70 bits per heavy atom. The molecule has 1 heterocycles. The van der Waals surface area contributed by atoms with Gasteiger partial charge in [-0.2, -0.15) is 0 Å². The van der Waals surface area contributed by atoms with Gasteiger partial charge in [0, 0.05) is 30.1 Å². The lowest BCUT2D eigenvalue weighted by molar-refractivity contribution is -0.134. The molecule has 23 heavy (non-hydrogen) atoms. The first kappa shape index (κ1) is 19.3. The summed E-state index contributed by atoms with van der Waals surface area (Å²) in [7, 11) is 0. The second kappa shape index (κ2) is 9.39. The van der Waals surface area contributed by atoms with E-state index in [1.165, 1.54) is 0 Å². The van der Waals surface area contributed by atoms with E-state index in [1.807, 2.05) is 0 Å². The summed E-state index contributed by atoms with van der Waals surface area (Å²) in [5, 5.41) is 20.5. The summed E-state index contributed by atoms with van der Waals surface area (Å²) in [5.41, 5.74) is 0.832. The van der Waals surface area contributed by atoms with Crippen molar-refractivity contribution in [2.45, 2.75) is 6.42 Å². The Balaban J connectivity index is 0.000000284. The van der Waals surface area contributed by atoms with Crippen LogP contribution in [0.1, 0.15) is 5.56 Å². The maximum absolute atomic E-state index is 9.55. The number of carboxylic acids is 2. The molecule has 9 heteroatoms. The van der Waals surface area contributed by atoms with E-state index >= 15 is 0 Å². The number of nitrogens with zero attached hydrogens (tertiary/aromatic N) is 1. The Labute approximate surface area is 147 Å². The largest absolute Gasteiger partial charge is 0.478 e. The van der Waals surface area contributed by atoms with Crippen LogP contribution in [0.25, 0.3) is 0 Å². The summed E-state index contributed by atoms with van der Waals surface area (Å²) in [6.07, 6.45) is 1.73. The van der Waals surface area contributed by atoms with E-state index in [2.05, 4.69) is 10.3 Å². The molecular formula is C14H13Cl3N2O4. The average molecular weight is 380 g/mol. The van der Waals surface area contributed by atoms with E-state index in [1.54, 1.807) is 12.1 Å². The molecule has 0 amide bonds. The summed E-state index contributed by atoms with van der Waals surface area (Å²) in [4.78, 5) is 23.4. The van der Waals surface area contributed by atoms with Crippen LogP contribution < -0.4 is 5.32 Å². The number of benzene rings is 1. The van der Waals surface area contributed by atoms with Crippen LogP contribution in [-0.2, 0) is 16.0 Å². The molecule has 6 nitrogen and oxygen atoms in total. The number of nitrogens with one attached hydrogen (secondary N) is 1. The van der Waals surface area contributed by atoms with Gasteiger partial charge in [0.15, 0.2) is 0 Å². The Morgan fingerprint density at radius 1 is 1.13 bits per heavy atom. The fourth-order valence-corrected chi connectivity index (χ4v) is 2.29. The highest BCUT2D eigenvalue weighted by molar-refractivity contribution is 6.44. The lowest BCUT2D eigenvalue weighted by Crippen LogP contribution is -2.20. The van der Waals surface area contributed by atoms with E-state index in [-0.39, 0.29) is 0 Å². The van der Waals surface area contributed by atoms with Crippen molar-refractivity contribution in [2.24, 2.45) is 4.99 Å². The van der Waals surface area contributed by atoms with E-state index in [4.69, 9.17) is 45.0 Å². The van der Waals surface area contributed by atoms with Crippen molar-refractivity contribution in [1.82, 2.24) is 5.32 Å². The molecule has 0 aromatic heterocycles. The van der Waals surface area contributed by atoms with Crippen molar-refractivity contribution in [3.63, 3.8) is 0 Å². The van der Waals surface area contributed by atoms with Crippen molar-refractivity contribution in [2.75, 3.05) is 13.1 Å². The van der Waals surface area contributed by atoms with Crippen LogP contribution in [0, 0.1) is 0 Å². The smallest absolute Gasteiger partial charge is 0.328 e. The first-order valence-corrected chi connectivity index (χ1v) is 7.48. The van der Waals surface area contributed by atoms with Gasteiger partial charge in [-0.15, -0.1) is 0 Å². The summed E-state index contributed by atoms with van der Waals surface area (Å²) in [6, 6.07) is 3.44. The van der Waals surface area contributed by atoms with Crippen molar-refractivity contribution in [3.05, 3.63) is 44.9 Å². The van der Waals surface area contributed by atoms with Crippen LogP contribution in [0.4, 0.5) is 0 Å². The van der Waals surface area contributed by atoms with Crippen molar-refractivity contribution in [3.8, 4) is 0 Å². The second-order valence-corrected chi connectivity index (χ2v) is 5.46. The highest BCUT2D eigenvalue weighted by atomic mass is 35.5. The van der Waals surface area contributed by atoms with Crippen molar-refractivity contribution < 1.29 is 19.8 Å². The van der Waals surface area contributed by atoms with Crippen LogP contribution in [0.2, 0.25) is 15.1 Å². The Kier molecular flexibility index (Phi) is 7.88. The summed E-state index contributed by atoms with van der Waals surface area (Å²) in [6.45, 7) is 1.69. The molecule has 0 spiro atoms. The van der Waals surface area contributed by atoms with E-state index in [0.717, 1.165) is 24.5 Å². The Bertz CT molecular complexity index is 644. The molecule has 1 aromatic rings. The summed E-state index contributed by atoms with van der Waals surface area (Å²) >= 11 is 18.1. The van der Waals surface area contributed by atoms with Gasteiger partial charge < -0.3 is 15.5 Å². The number of aliphatic imine (C=N–C) groups is 1. The molecule has 1 aromatic carbocycles. The zero-order valence-electron chi connectivity index (χ0n) is 11.7. The fourth-order valence-electron chi connectivity index (χ4n) is 1.61. The lowest BCUT2D eigenvalue weighted by atomic mass is 10.1. The molecule has 0 atom stereocenters. The molecule has 0 aliphatic carbocycles. The second-order valence-electron chi connectivity index (χ2n) is 4.26. The molecule has 0 saturated carbocycles. The summed E-state index contributed by atoms with van der Waals surface area (Å²) in [5.74, 6) is -1.60. The van der Waals surface area contributed by atoms with Gasteiger partial charge in [0.1, 0.15) is 5.84 Å². The van der Waals surface area contributed by atoms with E-state index in [9.17, 15) is 9.59 Å². The summed E-state index contributed by atoms with van der Waals surface area (Å²) < 4.78 is 0. The van der Waals surface area contributed by atoms with Crippen LogP contribution in [0.3, 0.4) is 0 Å². The molecule has 0 bridgehead atoms. The van der Waals surface area contributed by atoms with Crippen LogP contribution in [0.5, 0.6) is 0 Å². The zero-order valence-corrected chi connectivity index (χ0v) is 14.0. The number of amidine groups is 1. The van der Waals surface area contributed by atoms with E-state index in [0.29, 0.717) is 33.6 Å². The molecular weight excluding hydrogens is 367 g/mol. The standard InChI is InChI=1S/C10H9Cl3N2.C4H4O4/c11-7-1-2-8(12)10(13)6(7)5-9-14-3-4-15-9;5-3(6)1-2-4(7)8/h1-2H,3-5H2,(H,14,15);1-2H,(H,5,6)(H,7,8). The fraction of sp³-hybridized carbons (Fsp3) is 0.214. The maximum atomic E-state index is 9.55. The number of carbonyl (C=O) groups is 2. The highest BCUT2D eigenvalue weighted by Gasteiger charge is 2.13. The third-order valence-corrected chi connectivity index (χ3v) is 3.79. The topological polar surface area (TPSA) is 99.0 Å². The first-order chi connectivity index (χ1) is 10.8. The van der Waals surface area contributed by atoms with Crippen molar-refractivity contribution in [1.29, 1.82) is 0 Å². The quantitative estimate of drug-likeness (QED) is 0.552.